The van der Waals surface area contributed by atoms with Crippen LogP contribution in [0.25, 0.3) is 27.9 Å². The Morgan fingerprint density at radius 1 is 0.833 bits per heavy atom. The molecule has 3 amide bonds. The van der Waals surface area contributed by atoms with Crippen LogP contribution < -0.4 is 31.4 Å². The third-order valence-electron chi connectivity index (χ3n) is 16.5. The van der Waals surface area contributed by atoms with Crippen LogP contribution in [0.15, 0.2) is 71.8 Å². The molecule has 2 unspecified atom stereocenters. The number of piperidine rings is 4. The van der Waals surface area contributed by atoms with Gasteiger partial charge in [0.2, 0.25) is 11.8 Å². The number of amides is 3. The molecule has 5 aliphatic heterocycles. The lowest BCUT2D eigenvalue weighted by atomic mass is 9.78. The van der Waals surface area contributed by atoms with Gasteiger partial charge in [-0.05, 0) is 124 Å². The van der Waals surface area contributed by atoms with Crippen molar-refractivity contribution < 1.29 is 23.2 Å². The summed E-state index contributed by atoms with van der Waals surface area (Å²) in [6, 6.07) is 16.9. The Labute approximate surface area is 415 Å². The molecule has 0 radical (unpaired) electrons. The smallest absolute Gasteiger partial charge is 0.329 e. The topological polar surface area (TPSA) is 170 Å². The molecule has 0 bridgehead atoms. The zero-order valence-electron chi connectivity index (χ0n) is 40.8. The number of likely N-dealkylation sites (tertiary alicyclic amines) is 2. The Bertz CT molecular complexity index is 3150. The van der Waals surface area contributed by atoms with E-state index in [1.165, 1.54) is 4.57 Å². The molecular weight excluding hydrogens is 921 g/mol. The van der Waals surface area contributed by atoms with Crippen LogP contribution in [0.2, 0.25) is 0 Å². The van der Waals surface area contributed by atoms with Crippen LogP contribution in [0, 0.1) is 11.8 Å². The van der Waals surface area contributed by atoms with Gasteiger partial charge in [0.15, 0.2) is 17.2 Å². The third kappa shape index (κ3) is 8.46. The van der Waals surface area contributed by atoms with Crippen molar-refractivity contribution >= 4 is 57.3 Å². The van der Waals surface area contributed by atoms with Gasteiger partial charge < -0.3 is 20.4 Å². The largest absolute Gasteiger partial charge is 0.385 e. The lowest BCUT2D eigenvalue weighted by molar-refractivity contribution is -0.136. The highest BCUT2D eigenvalue weighted by molar-refractivity contribution is 6.00. The molecule has 5 fully saturated rings. The highest BCUT2D eigenvalue weighted by Gasteiger charge is 2.48. The lowest BCUT2D eigenvalue weighted by Gasteiger charge is -2.47. The van der Waals surface area contributed by atoms with Gasteiger partial charge >= 0.3 is 5.69 Å². The number of imide groups is 1. The zero-order valence-corrected chi connectivity index (χ0v) is 40.8. The van der Waals surface area contributed by atoms with Crippen LogP contribution in [0.4, 0.5) is 31.7 Å². The summed E-state index contributed by atoms with van der Waals surface area (Å²) in [6.07, 6.45) is 11.0. The molecule has 17 nitrogen and oxygen atoms in total. The van der Waals surface area contributed by atoms with Crippen LogP contribution in [0.1, 0.15) is 85.4 Å². The number of pyridine rings is 1. The van der Waals surface area contributed by atoms with E-state index in [1.54, 1.807) is 22.3 Å². The van der Waals surface area contributed by atoms with E-state index in [2.05, 4.69) is 47.8 Å². The summed E-state index contributed by atoms with van der Waals surface area (Å²) < 4.78 is 37.0. The molecule has 6 aromatic rings. The predicted octanol–water partition coefficient (Wildman–Crippen LogP) is 5.89. The van der Waals surface area contributed by atoms with Crippen molar-refractivity contribution in [3.63, 3.8) is 0 Å². The van der Waals surface area contributed by atoms with Gasteiger partial charge in [-0.1, -0.05) is 18.2 Å². The van der Waals surface area contributed by atoms with Crippen LogP contribution >= 0.6 is 0 Å². The highest BCUT2D eigenvalue weighted by atomic mass is 19.3. The number of nitrogens with zero attached hydrogens (tertiary/aromatic N) is 10. The number of halogens is 2. The van der Waals surface area contributed by atoms with Gasteiger partial charge in [0.05, 0.1) is 41.2 Å². The summed E-state index contributed by atoms with van der Waals surface area (Å²) in [6.45, 7) is 4.59. The third-order valence-corrected chi connectivity index (χ3v) is 16.5. The number of nitrogens with one attached hydrogen (secondary N) is 3. The molecular formula is C53H61F2N13O4. The average molecular weight is 982 g/mol. The quantitative estimate of drug-likeness (QED) is 0.132. The molecule has 1 saturated carbocycles. The molecule has 2 atom stereocenters. The highest BCUT2D eigenvalue weighted by Crippen LogP contribution is 2.42. The van der Waals surface area contributed by atoms with Crippen molar-refractivity contribution in [3.05, 3.63) is 94.3 Å². The van der Waals surface area contributed by atoms with Gasteiger partial charge in [0.1, 0.15) is 6.04 Å². The zero-order chi connectivity index (χ0) is 49.4. The first-order valence-electron chi connectivity index (χ1n) is 25.8. The molecule has 6 aliphatic rings. The molecule has 0 spiro atoms. The fraction of sp³-hybridized carbons (Fsp3) is 0.491. The van der Waals surface area contributed by atoms with Crippen molar-refractivity contribution in [1.82, 2.24) is 49.1 Å². The van der Waals surface area contributed by atoms with E-state index in [0.29, 0.717) is 80.1 Å². The number of aryl methyl sites for hydroxylation is 1. The van der Waals surface area contributed by atoms with E-state index in [1.807, 2.05) is 60.6 Å². The molecule has 4 aromatic heterocycles. The molecule has 19 heteroatoms. The number of benzene rings is 2. The first-order chi connectivity index (χ1) is 34.9. The second kappa shape index (κ2) is 18.4. The van der Waals surface area contributed by atoms with Crippen molar-refractivity contribution in [2.24, 2.45) is 18.9 Å². The normalized spacial score (nSPS) is 22.4. The lowest BCUT2D eigenvalue weighted by Crippen LogP contribution is -2.59. The maximum Gasteiger partial charge on any atom is 0.329 e. The van der Waals surface area contributed by atoms with Crippen molar-refractivity contribution in [2.45, 2.75) is 94.8 Å². The van der Waals surface area contributed by atoms with Crippen LogP contribution in [0.5, 0.6) is 0 Å². The minimum Gasteiger partial charge on any atom is -0.385 e. The number of carbonyl (C=O) groups excluding carboxylic acids is 3. The van der Waals surface area contributed by atoms with Gasteiger partial charge in [0, 0.05) is 88.5 Å². The summed E-state index contributed by atoms with van der Waals surface area (Å²) in [5, 5.41) is 13.6. The van der Waals surface area contributed by atoms with E-state index in [-0.39, 0.29) is 36.5 Å². The average Bonchev–Trinajstić information content (AvgIpc) is 3.82. The summed E-state index contributed by atoms with van der Waals surface area (Å²) in [7, 11) is 3.55. The fourth-order valence-corrected chi connectivity index (χ4v) is 12.5. The molecule has 2 aromatic carbocycles. The van der Waals surface area contributed by atoms with Gasteiger partial charge in [-0.25, -0.2) is 23.1 Å². The molecule has 1 aliphatic carbocycles. The maximum absolute atomic E-state index is 16.1. The van der Waals surface area contributed by atoms with E-state index in [9.17, 15) is 19.2 Å². The number of hydrogen-bond acceptors (Lipinski definition) is 12. The van der Waals surface area contributed by atoms with Crippen molar-refractivity contribution in [3.8, 4) is 11.3 Å². The first kappa shape index (κ1) is 46.3. The number of rotatable bonds is 11. The number of alkyl halides is 2. The molecule has 4 saturated heterocycles. The first-order valence-corrected chi connectivity index (χ1v) is 25.8. The number of imidazole rings is 2. The Hall–Kier alpha value is -6.73. The van der Waals surface area contributed by atoms with E-state index in [0.717, 1.165) is 103 Å². The second-order valence-corrected chi connectivity index (χ2v) is 20.9. The van der Waals surface area contributed by atoms with Crippen molar-refractivity contribution in [2.75, 3.05) is 68.0 Å². The summed E-state index contributed by atoms with van der Waals surface area (Å²) in [5.41, 5.74) is 8.88. The number of fused-ring (bicyclic) bond motifs is 3. The second-order valence-electron chi connectivity index (χ2n) is 20.9. The number of aromatic nitrogens is 6. The maximum atomic E-state index is 16.1. The molecule has 72 heavy (non-hydrogen) atoms. The fourth-order valence-electron chi connectivity index (χ4n) is 12.5. The summed E-state index contributed by atoms with van der Waals surface area (Å²) in [5.74, 6) is -2.01. The molecule has 12 rings (SSSR count). The Kier molecular flexibility index (Phi) is 11.8. The minimum absolute atomic E-state index is 0.181. The molecule has 9 heterocycles. The van der Waals surface area contributed by atoms with Gasteiger partial charge in [0.25, 0.3) is 11.8 Å². The van der Waals surface area contributed by atoms with Crippen molar-refractivity contribution in [1.29, 1.82) is 0 Å². The summed E-state index contributed by atoms with van der Waals surface area (Å²) in [4.78, 5) is 68.7. The van der Waals surface area contributed by atoms with Crippen LogP contribution in [-0.2, 0) is 29.6 Å². The number of hydrogen-bond donors (Lipinski definition) is 3. The van der Waals surface area contributed by atoms with E-state index < -0.39 is 23.9 Å². The van der Waals surface area contributed by atoms with Crippen LogP contribution in [-0.4, -0.2) is 127 Å². The van der Waals surface area contributed by atoms with Gasteiger partial charge in [-0.15, -0.1) is 5.10 Å². The minimum atomic E-state index is -2.83. The summed E-state index contributed by atoms with van der Waals surface area (Å²) >= 11 is 0. The standard InChI is InChI=1S/C53H61F2N13O4/c1-56-40-27-47(61-68-45(29-58-49(40)68)51(71)59-35-7-8-35)66-25-18-38-37(4-3-5-41(38)66)39-10-6-32(28-57-39)30-63-20-19-46(53(54,55)31-63)65-23-16-34(17-24-65)33-14-21-64(22-15-33)36-9-11-42-44(26-36)62(2)52(72)67(42)43-12-13-48(69)60-50(43)70/h3-6,9-11,26-29,33-35,43,46,56H,7-8,12-25,30-31H2,1-2H3,(H,59,71)(H,60,69,70). The number of anilines is 4. The van der Waals surface area contributed by atoms with Gasteiger partial charge in [-0.3, -0.25) is 43.6 Å². The predicted molar refractivity (Wildman–Crippen MR) is 270 cm³/mol. The molecule has 3 N–H and O–H groups in total. The SMILES string of the molecule is CNc1cc(N2CCc3c(-c4ccc(CN5CCC(N6CCC(C7CCN(c8ccc9c(c8)n(C)c(=O)n9C8CCC(=O)NC8=O)CC7)CC6)C(F)(F)C5)cn4)cccc32)nn2c(C(=O)NC3CC3)cnc12. The van der Waals surface area contributed by atoms with E-state index in [4.69, 9.17) is 10.1 Å². The Balaban J connectivity index is 0.638. The van der Waals surface area contributed by atoms with E-state index >= 15 is 8.78 Å². The Morgan fingerprint density at radius 3 is 2.35 bits per heavy atom. The molecule has 376 valence electrons. The number of carbonyl (C=O) groups is 3. The van der Waals surface area contributed by atoms with Crippen LogP contribution in [0.3, 0.4) is 0 Å². The Morgan fingerprint density at radius 2 is 1.62 bits per heavy atom. The monoisotopic (exact) mass is 981 g/mol. The van der Waals surface area contributed by atoms with Gasteiger partial charge in [-0.2, -0.15) is 0 Å².